The molecule has 2 rings (SSSR count). The summed E-state index contributed by atoms with van der Waals surface area (Å²) in [6.45, 7) is 2.31. The molecule has 0 radical (unpaired) electrons. The molecule has 6 heteroatoms. The summed E-state index contributed by atoms with van der Waals surface area (Å²) in [7, 11) is 3.25. The molecule has 1 atom stereocenters. The van der Waals surface area contributed by atoms with E-state index in [9.17, 15) is 4.79 Å². The standard InChI is InChI=1S/C14H18N4O2/c1-10(14(19)20-3)16-8-12-9-18(2)17-13(12)11-5-4-6-15-7-11/h4-7,9-10,16H,8H2,1-3H3/t10-/m1/s1. The second-order valence-electron chi connectivity index (χ2n) is 4.54. The number of rotatable bonds is 5. The first kappa shape index (κ1) is 14.2. The molecule has 20 heavy (non-hydrogen) atoms. The van der Waals surface area contributed by atoms with Crippen molar-refractivity contribution in [1.82, 2.24) is 20.1 Å². The Bertz CT molecular complexity index is 580. The molecular formula is C14H18N4O2. The largest absolute Gasteiger partial charge is 0.468 e. The van der Waals surface area contributed by atoms with E-state index in [-0.39, 0.29) is 12.0 Å². The van der Waals surface area contributed by atoms with Gasteiger partial charge >= 0.3 is 5.97 Å². The SMILES string of the molecule is COC(=O)[C@@H](C)NCc1cn(C)nc1-c1cccnc1. The first-order chi connectivity index (χ1) is 9.61. The molecule has 0 fully saturated rings. The number of aromatic nitrogens is 3. The van der Waals surface area contributed by atoms with Crippen LogP contribution in [-0.4, -0.2) is 33.9 Å². The zero-order valence-corrected chi connectivity index (χ0v) is 11.8. The van der Waals surface area contributed by atoms with Gasteiger partial charge in [0.25, 0.3) is 0 Å². The number of pyridine rings is 1. The minimum atomic E-state index is -0.359. The van der Waals surface area contributed by atoms with Crippen molar-refractivity contribution in [3.63, 3.8) is 0 Å². The van der Waals surface area contributed by atoms with Crippen molar-refractivity contribution in [1.29, 1.82) is 0 Å². The molecule has 0 saturated heterocycles. The van der Waals surface area contributed by atoms with Crippen molar-refractivity contribution in [3.05, 3.63) is 36.3 Å². The highest BCUT2D eigenvalue weighted by Crippen LogP contribution is 2.20. The van der Waals surface area contributed by atoms with Crippen molar-refractivity contribution in [2.75, 3.05) is 7.11 Å². The lowest BCUT2D eigenvalue weighted by Gasteiger charge is -2.11. The highest BCUT2D eigenvalue weighted by Gasteiger charge is 2.15. The summed E-state index contributed by atoms with van der Waals surface area (Å²) in [5, 5.41) is 7.57. The smallest absolute Gasteiger partial charge is 0.322 e. The molecule has 0 aliphatic carbocycles. The number of ether oxygens (including phenoxy) is 1. The number of esters is 1. The Hall–Kier alpha value is -2.21. The predicted molar refractivity (Wildman–Crippen MR) is 74.8 cm³/mol. The van der Waals surface area contributed by atoms with E-state index in [1.54, 1.807) is 24.0 Å². The van der Waals surface area contributed by atoms with Crippen LogP contribution in [0.25, 0.3) is 11.3 Å². The third kappa shape index (κ3) is 3.21. The van der Waals surface area contributed by atoms with Gasteiger partial charge in [-0.05, 0) is 19.1 Å². The van der Waals surface area contributed by atoms with Gasteiger partial charge in [0.15, 0.2) is 0 Å². The number of aryl methyl sites for hydroxylation is 1. The van der Waals surface area contributed by atoms with Gasteiger partial charge in [-0.15, -0.1) is 0 Å². The zero-order chi connectivity index (χ0) is 14.5. The number of carbonyl (C=O) groups excluding carboxylic acids is 1. The van der Waals surface area contributed by atoms with E-state index in [0.29, 0.717) is 6.54 Å². The quantitative estimate of drug-likeness (QED) is 0.828. The fourth-order valence-electron chi connectivity index (χ4n) is 1.94. The Morgan fingerprint density at radius 1 is 1.55 bits per heavy atom. The van der Waals surface area contributed by atoms with Crippen molar-refractivity contribution in [2.24, 2.45) is 7.05 Å². The lowest BCUT2D eigenvalue weighted by molar-refractivity contribution is -0.142. The topological polar surface area (TPSA) is 69.0 Å². The second-order valence-corrected chi connectivity index (χ2v) is 4.54. The van der Waals surface area contributed by atoms with Crippen molar-refractivity contribution in [3.8, 4) is 11.3 Å². The second kappa shape index (κ2) is 6.29. The van der Waals surface area contributed by atoms with Gasteiger partial charge in [0.2, 0.25) is 0 Å². The minimum Gasteiger partial charge on any atom is -0.468 e. The zero-order valence-electron chi connectivity index (χ0n) is 11.8. The number of hydrogen-bond donors (Lipinski definition) is 1. The first-order valence-electron chi connectivity index (χ1n) is 6.36. The molecule has 106 valence electrons. The molecule has 0 spiro atoms. The maximum atomic E-state index is 11.4. The fraction of sp³-hybridized carbons (Fsp3) is 0.357. The summed E-state index contributed by atoms with van der Waals surface area (Å²) in [6, 6.07) is 3.47. The van der Waals surface area contributed by atoms with Crippen LogP contribution in [0, 0.1) is 0 Å². The van der Waals surface area contributed by atoms with Gasteiger partial charge in [-0.1, -0.05) is 0 Å². The summed E-state index contributed by atoms with van der Waals surface area (Å²) >= 11 is 0. The summed E-state index contributed by atoms with van der Waals surface area (Å²) in [6.07, 6.45) is 5.43. The van der Waals surface area contributed by atoms with Gasteiger partial charge in [0.05, 0.1) is 12.8 Å². The van der Waals surface area contributed by atoms with Crippen molar-refractivity contribution < 1.29 is 9.53 Å². The predicted octanol–water partition coefficient (Wildman–Crippen LogP) is 1.13. The number of nitrogens with one attached hydrogen (secondary N) is 1. The maximum Gasteiger partial charge on any atom is 0.322 e. The molecule has 2 aromatic heterocycles. The van der Waals surface area contributed by atoms with Gasteiger partial charge in [-0.3, -0.25) is 14.5 Å². The van der Waals surface area contributed by atoms with Crippen molar-refractivity contribution in [2.45, 2.75) is 19.5 Å². The lowest BCUT2D eigenvalue weighted by Crippen LogP contribution is -2.34. The van der Waals surface area contributed by atoms with Crippen LogP contribution in [0.5, 0.6) is 0 Å². The van der Waals surface area contributed by atoms with Crippen LogP contribution in [0.15, 0.2) is 30.7 Å². The van der Waals surface area contributed by atoms with Crippen molar-refractivity contribution >= 4 is 5.97 Å². The van der Waals surface area contributed by atoms with Crippen LogP contribution in [0.2, 0.25) is 0 Å². The van der Waals surface area contributed by atoms with Gasteiger partial charge in [-0.2, -0.15) is 5.10 Å². The van der Waals surface area contributed by atoms with Crippen LogP contribution in [0.1, 0.15) is 12.5 Å². The minimum absolute atomic E-state index is 0.281. The molecule has 0 saturated carbocycles. The monoisotopic (exact) mass is 274 g/mol. The first-order valence-corrected chi connectivity index (χ1v) is 6.36. The van der Waals surface area contributed by atoms with Crippen LogP contribution < -0.4 is 5.32 Å². The normalized spacial score (nSPS) is 12.2. The number of methoxy groups -OCH3 is 1. The lowest BCUT2D eigenvalue weighted by atomic mass is 10.1. The van der Waals surface area contributed by atoms with E-state index < -0.39 is 0 Å². The Balaban J connectivity index is 2.15. The Morgan fingerprint density at radius 3 is 3.00 bits per heavy atom. The molecule has 0 aliphatic rings. The summed E-state index contributed by atoms with van der Waals surface area (Å²) in [4.78, 5) is 15.5. The highest BCUT2D eigenvalue weighted by atomic mass is 16.5. The maximum absolute atomic E-state index is 11.4. The Labute approximate surface area is 117 Å². The van der Waals surface area contributed by atoms with Crippen LogP contribution >= 0.6 is 0 Å². The third-order valence-corrected chi connectivity index (χ3v) is 2.99. The molecule has 0 unspecified atom stereocenters. The van der Waals surface area contributed by atoms with E-state index >= 15 is 0 Å². The van der Waals surface area contributed by atoms with Crippen LogP contribution in [-0.2, 0) is 23.1 Å². The molecular weight excluding hydrogens is 256 g/mol. The van der Waals surface area contributed by atoms with Gasteiger partial charge in [-0.25, -0.2) is 0 Å². The number of carbonyl (C=O) groups is 1. The fourth-order valence-corrected chi connectivity index (χ4v) is 1.94. The number of hydrogen-bond acceptors (Lipinski definition) is 5. The van der Waals surface area contributed by atoms with E-state index in [1.165, 1.54) is 7.11 Å². The summed E-state index contributed by atoms with van der Waals surface area (Å²) < 4.78 is 6.44. The average molecular weight is 274 g/mol. The van der Waals surface area contributed by atoms with Gasteiger partial charge < -0.3 is 10.1 Å². The highest BCUT2D eigenvalue weighted by molar-refractivity contribution is 5.75. The van der Waals surface area contributed by atoms with E-state index in [0.717, 1.165) is 16.8 Å². The number of nitrogens with zero attached hydrogens (tertiary/aromatic N) is 3. The molecule has 0 bridgehead atoms. The molecule has 1 N–H and O–H groups in total. The molecule has 0 aromatic carbocycles. The molecule has 0 aliphatic heterocycles. The van der Waals surface area contributed by atoms with Crippen LogP contribution in [0.3, 0.4) is 0 Å². The van der Waals surface area contributed by atoms with E-state index in [2.05, 4.69) is 20.1 Å². The third-order valence-electron chi connectivity index (χ3n) is 2.99. The summed E-state index contributed by atoms with van der Waals surface area (Å²) in [5.41, 5.74) is 2.83. The Kier molecular flexibility index (Phi) is 4.47. The van der Waals surface area contributed by atoms with Gasteiger partial charge in [0.1, 0.15) is 6.04 Å². The Morgan fingerprint density at radius 2 is 2.35 bits per heavy atom. The van der Waals surface area contributed by atoms with E-state index in [1.807, 2.05) is 25.4 Å². The summed E-state index contributed by atoms with van der Waals surface area (Å²) in [5.74, 6) is -0.281. The van der Waals surface area contributed by atoms with Gasteiger partial charge in [0, 0.05) is 43.3 Å². The van der Waals surface area contributed by atoms with E-state index in [4.69, 9.17) is 0 Å². The molecule has 2 aromatic rings. The average Bonchev–Trinajstić information content (AvgIpc) is 2.85. The molecule has 0 amide bonds. The molecule has 2 heterocycles. The molecule has 6 nitrogen and oxygen atoms in total. The van der Waals surface area contributed by atoms with Crippen LogP contribution in [0.4, 0.5) is 0 Å².